The molecule has 2 aromatic rings. The van der Waals surface area contributed by atoms with Crippen molar-refractivity contribution in [3.63, 3.8) is 0 Å². The van der Waals surface area contributed by atoms with Crippen LogP contribution in [0, 0.1) is 11.3 Å². The van der Waals surface area contributed by atoms with Crippen molar-refractivity contribution in [3.05, 3.63) is 36.0 Å². The Kier molecular flexibility index (Phi) is 4.32. The van der Waals surface area contributed by atoms with Crippen LogP contribution in [0.4, 0.5) is 5.69 Å². The number of nitrogens with one attached hydrogen (secondary N) is 1. The Morgan fingerprint density at radius 2 is 2.21 bits per heavy atom. The van der Waals surface area contributed by atoms with Crippen LogP contribution >= 0.6 is 0 Å². The maximum absolute atomic E-state index is 9.21. The first kappa shape index (κ1) is 13.3. The van der Waals surface area contributed by atoms with E-state index in [9.17, 15) is 5.26 Å². The molecule has 0 spiro atoms. The molecule has 98 valence electrons. The van der Waals surface area contributed by atoms with Gasteiger partial charge in [0.2, 0.25) is 0 Å². The predicted molar refractivity (Wildman–Crippen MR) is 76.0 cm³/mol. The number of ether oxygens (including phenoxy) is 1. The first-order chi connectivity index (χ1) is 9.26. The van der Waals surface area contributed by atoms with E-state index in [-0.39, 0.29) is 6.04 Å². The Morgan fingerprint density at radius 3 is 2.95 bits per heavy atom. The fourth-order valence-corrected chi connectivity index (χ4v) is 1.99. The second-order valence-electron chi connectivity index (χ2n) is 4.50. The van der Waals surface area contributed by atoms with Crippen molar-refractivity contribution in [2.24, 2.45) is 0 Å². The molecule has 0 saturated heterocycles. The van der Waals surface area contributed by atoms with Crippen LogP contribution in [0.1, 0.15) is 18.9 Å². The Hall–Kier alpha value is -2.12. The molecule has 1 N–H and O–H groups in total. The number of para-hydroxylation sites is 1. The van der Waals surface area contributed by atoms with Crippen molar-refractivity contribution in [3.8, 4) is 6.07 Å². The summed E-state index contributed by atoms with van der Waals surface area (Å²) in [7, 11) is 1.69. The number of methoxy groups -OCH3 is 1. The lowest BCUT2D eigenvalue weighted by atomic mass is 10.1. The summed E-state index contributed by atoms with van der Waals surface area (Å²) in [6, 6.07) is 10.3. The number of nitrogens with zero attached hydrogens (tertiary/aromatic N) is 2. The Morgan fingerprint density at radius 1 is 1.42 bits per heavy atom. The zero-order chi connectivity index (χ0) is 13.7. The molecule has 1 aromatic carbocycles. The minimum atomic E-state index is 0.234. The minimum Gasteiger partial charge on any atom is -0.385 e. The quantitative estimate of drug-likeness (QED) is 0.892. The van der Waals surface area contributed by atoms with Gasteiger partial charge in [0.25, 0.3) is 0 Å². The molecular weight excluding hydrogens is 238 g/mol. The molecule has 0 bridgehead atoms. The summed E-state index contributed by atoms with van der Waals surface area (Å²) in [5.41, 5.74) is 2.32. The normalized spacial score (nSPS) is 12.1. The van der Waals surface area contributed by atoms with Crippen LogP contribution in [0.2, 0.25) is 0 Å². The van der Waals surface area contributed by atoms with Gasteiger partial charge in [-0.25, -0.2) is 0 Å². The van der Waals surface area contributed by atoms with E-state index in [4.69, 9.17) is 4.74 Å². The third-order valence-corrected chi connectivity index (χ3v) is 3.04. The molecule has 0 amide bonds. The number of hydrogen-bond acceptors (Lipinski definition) is 4. The standard InChI is InChI=1S/C15H17N3O/c1-11(7-8-19-2)18-15-12(9-16)10-17-14-6-4-3-5-13(14)15/h3-6,10-11H,7-8H2,1-2H3,(H,17,18). The molecule has 0 aliphatic rings. The first-order valence-corrected chi connectivity index (χ1v) is 6.29. The average Bonchev–Trinajstić information content (AvgIpc) is 2.45. The van der Waals surface area contributed by atoms with Crippen molar-refractivity contribution < 1.29 is 4.74 Å². The van der Waals surface area contributed by atoms with Crippen molar-refractivity contribution in [1.29, 1.82) is 5.26 Å². The molecule has 0 fully saturated rings. The third kappa shape index (κ3) is 3.01. The van der Waals surface area contributed by atoms with E-state index in [1.54, 1.807) is 13.3 Å². The topological polar surface area (TPSA) is 57.9 Å². The van der Waals surface area contributed by atoms with Crippen molar-refractivity contribution in [2.75, 3.05) is 19.0 Å². The van der Waals surface area contributed by atoms with Gasteiger partial charge in [0.15, 0.2) is 0 Å². The molecule has 19 heavy (non-hydrogen) atoms. The van der Waals surface area contributed by atoms with E-state index in [1.807, 2.05) is 24.3 Å². The zero-order valence-corrected chi connectivity index (χ0v) is 11.2. The van der Waals surface area contributed by atoms with Gasteiger partial charge in [0.1, 0.15) is 6.07 Å². The molecule has 0 saturated carbocycles. The number of aromatic nitrogens is 1. The van der Waals surface area contributed by atoms with Gasteiger partial charge in [0.05, 0.1) is 16.8 Å². The Bertz CT molecular complexity index is 604. The Labute approximate surface area is 113 Å². The highest BCUT2D eigenvalue weighted by Crippen LogP contribution is 2.26. The molecular formula is C15H17N3O. The molecule has 1 unspecified atom stereocenters. The lowest BCUT2D eigenvalue weighted by Crippen LogP contribution is -2.18. The smallest absolute Gasteiger partial charge is 0.103 e. The number of rotatable bonds is 5. The summed E-state index contributed by atoms with van der Waals surface area (Å²) < 4.78 is 5.08. The number of benzene rings is 1. The second kappa shape index (κ2) is 6.17. The monoisotopic (exact) mass is 255 g/mol. The molecule has 4 heteroatoms. The van der Waals surface area contributed by atoms with E-state index in [0.29, 0.717) is 12.2 Å². The number of anilines is 1. The summed E-state index contributed by atoms with van der Waals surface area (Å²) in [5, 5.41) is 13.6. The summed E-state index contributed by atoms with van der Waals surface area (Å²) >= 11 is 0. The molecule has 4 nitrogen and oxygen atoms in total. The third-order valence-electron chi connectivity index (χ3n) is 3.04. The maximum Gasteiger partial charge on any atom is 0.103 e. The lowest BCUT2D eigenvalue weighted by molar-refractivity contribution is 0.191. The van der Waals surface area contributed by atoms with Crippen molar-refractivity contribution in [1.82, 2.24) is 4.98 Å². The number of pyridine rings is 1. The highest BCUT2D eigenvalue weighted by atomic mass is 16.5. The first-order valence-electron chi connectivity index (χ1n) is 6.29. The molecule has 0 aliphatic heterocycles. The lowest BCUT2D eigenvalue weighted by Gasteiger charge is -2.17. The van der Waals surface area contributed by atoms with Gasteiger partial charge in [-0.15, -0.1) is 0 Å². The number of nitriles is 1. The van der Waals surface area contributed by atoms with Crippen LogP contribution in [0.25, 0.3) is 10.9 Å². The van der Waals surface area contributed by atoms with Crippen LogP contribution in [-0.4, -0.2) is 24.7 Å². The minimum absolute atomic E-state index is 0.234. The van der Waals surface area contributed by atoms with Crippen LogP contribution in [0.3, 0.4) is 0 Å². The van der Waals surface area contributed by atoms with Gasteiger partial charge >= 0.3 is 0 Å². The van der Waals surface area contributed by atoms with E-state index in [0.717, 1.165) is 23.0 Å². The van der Waals surface area contributed by atoms with Gasteiger partial charge in [0, 0.05) is 31.3 Å². The van der Waals surface area contributed by atoms with E-state index in [1.165, 1.54) is 0 Å². The van der Waals surface area contributed by atoms with E-state index < -0.39 is 0 Å². The van der Waals surface area contributed by atoms with Crippen LogP contribution in [-0.2, 0) is 4.74 Å². The summed E-state index contributed by atoms with van der Waals surface area (Å²) in [6.07, 6.45) is 2.51. The van der Waals surface area contributed by atoms with Gasteiger partial charge in [-0.3, -0.25) is 4.98 Å². The SMILES string of the molecule is COCCC(C)Nc1c(C#N)cnc2ccccc12. The summed E-state index contributed by atoms with van der Waals surface area (Å²) in [4.78, 5) is 4.29. The molecule has 2 rings (SSSR count). The fourth-order valence-electron chi connectivity index (χ4n) is 1.99. The van der Waals surface area contributed by atoms with Gasteiger partial charge in [-0.1, -0.05) is 18.2 Å². The fraction of sp³-hybridized carbons (Fsp3) is 0.333. The van der Waals surface area contributed by atoms with Gasteiger partial charge < -0.3 is 10.1 Å². The van der Waals surface area contributed by atoms with Gasteiger partial charge in [-0.05, 0) is 19.4 Å². The summed E-state index contributed by atoms with van der Waals surface area (Å²) in [5.74, 6) is 0. The molecule has 1 aromatic heterocycles. The maximum atomic E-state index is 9.21. The largest absolute Gasteiger partial charge is 0.385 e. The predicted octanol–water partition coefficient (Wildman–Crippen LogP) is 2.94. The number of fused-ring (bicyclic) bond motifs is 1. The molecule has 0 radical (unpaired) electrons. The van der Waals surface area contributed by atoms with Crippen LogP contribution in [0.15, 0.2) is 30.5 Å². The highest BCUT2D eigenvalue weighted by Gasteiger charge is 2.10. The van der Waals surface area contributed by atoms with Crippen LogP contribution < -0.4 is 5.32 Å². The molecule has 1 heterocycles. The van der Waals surface area contributed by atoms with E-state index in [2.05, 4.69) is 23.3 Å². The molecule has 1 atom stereocenters. The van der Waals surface area contributed by atoms with Crippen molar-refractivity contribution >= 4 is 16.6 Å². The highest BCUT2D eigenvalue weighted by molar-refractivity contribution is 5.93. The van der Waals surface area contributed by atoms with Gasteiger partial charge in [-0.2, -0.15) is 5.26 Å². The Balaban J connectivity index is 2.37. The average molecular weight is 255 g/mol. The van der Waals surface area contributed by atoms with Crippen molar-refractivity contribution in [2.45, 2.75) is 19.4 Å². The second-order valence-corrected chi connectivity index (χ2v) is 4.50. The molecule has 0 aliphatic carbocycles. The zero-order valence-electron chi connectivity index (χ0n) is 11.2. The van der Waals surface area contributed by atoms with E-state index >= 15 is 0 Å². The summed E-state index contributed by atoms with van der Waals surface area (Å²) in [6.45, 7) is 2.77. The van der Waals surface area contributed by atoms with Crippen LogP contribution in [0.5, 0.6) is 0 Å². The number of hydrogen-bond donors (Lipinski definition) is 1.